The Morgan fingerprint density at radius 2 is 2.17 bits per heavy atom. The summed E-state index contributed by atoms with van der Waals surface area (Å²) in [5, 5.41) is 9.16. The number of nitrogens with zero attached hydrogens (tertiary/aromatic N) is 3. The first-order valence-electron chi connectivity index (χ1n) is 5.68. The Hall–Kier alpha value is -0.370. The third-order valence-electron chi connectivity index (χ3n) is 2.55. The topological polar surface area (TPSA) is 64.9 Å². The van der Waals surface area contributed by atoms with Crippen molar-refractivity contribution in [1.82, 2.24) is 14.6 Å². The maximum absolute atomic E-state index is 8.56. The van der Waals surface area contributed by atoms with Gasteiger partial charge in [0.25, 0.3) is 0 Å². The van der Waals surface area contributed by atoms with E-state index in [1.807, 2.05) is 0 Å². The first-order chi connectivity index (χ1) is 8.72. The molecule has 18 heavy (non-hydrogen) atoms. The number of halogens is 2. The van der Waals surface area contributed by atoms with Crippen molar-refractivity contribution >= 4 is 37.1 Å². The van der Waals surface area contributed by atoms with E-state index in [0.717, 1.165) is 25.9 Å². The van der Waals surface area contributed by atoms with Gasteiger partial charge in [-0.05, 0) is 12.8 Å². The highest BCUT2D eigenvalue weighted by atomic mass is 35.5. The summed E-state index contributed by atoms with van der Waals surface area (Å²) in [6, 6.07) is 2.07. The van der Waals surface area contributed by atoms with E-state index in [9.17, 15) is 0 Å². The second-order valence-electron chi connectivity index (χ2n) is 3.84. The molecule has 0 radical (unpaired) electrons. The van der Waals surface area contributed by atoms with Crippen molar-refractivity contribution in [3.05, 3.63) is 10.3 Å². The Balaban J connectivity index is 2.10. The second kappa shape index (κ2) is 6.70. The van der Waals surface area contributed by atoms with Crippen LogP contribution in [-0.2, 0) is 4.52 Å². The molecule has 1 aliphatic rings. The number of imidazole rings is 1. The molecular weight excluding hydrogens is 294 g/mol. The summed E-state index contributed by atoms with van der Waals surface area (Å²) in [7, 11) is -1.02. The van der Waals surface area contributed by atoms with Crippen LogP contribution in [0.25, 0.3) is 0 Å². The first kappa shape index (κ1) is 14.0. The molecule has 1 aromatic heterocycles. The lowest BCUT2D eigenvalue weighted by Gasteiger charge is -2.24. The fraction of sp³-hybridized carbons (Fsp3) is 0.600. The van der Waals surface area contributed by atoms with Gasteiger partial charge in [0.1, 0.15) is 5.15 Å². The maximum atomic E-state index is 8.56. The van der Waals surface area contributed by atoms with Crippen molar-refractivity contribution in [3.63, 3.8) is 0 Å². The molecule has 1 aliphatic heterocycles. The number of aromatic amines is 1. The predicted octanol–water partition coefficient (Wildman–Crippen LogP) is 2.68. The van der Waals surface area contributed by atoms with Crippen LogP contribution in [0.5, 0.6) is 0 Å². The molecule has 2 rings (SSSR count). The summed E-state index contributed by atoms with van der Waals surface area (Å²) in [5.41, 5.74) is 0.667. The van der Waals surface area contributed by atoms with Gasteiger partial charge in [-0.15, -0.1) is 0 Å². The normalized spacial score (nSPS) is 17.8. The quantitative estimate of drug-likeness (QED) is 0.671. The first-order valence-corrected chi connectivity index (χ1v) is 7.65. The average Bonchev–Trinajstić information content (AvgIpc) is 2.96. The van der Waals surface area contributed by atoms with Crippen LogP contribution in [0.3, 0.4) is 0 Å². The Kier molecular flexibility index (Phi) is 5.23. The monoisotopic (exact) mass is 306 g/mol. The Morgan fingerprint density at radius 3 is 2.72 bits per heavy atom. The fourth-order valence-electron chi connectivity index (χ4n) is 1.75. The van der Waals surface area contributed by atoms with Crippen LogP contribution in [-0.4, -0.2) is 34.3 Å². The van der Waals surface area contributed by atoms with E-state index in [-0.39, 0.29) is 5.15 Å². The smallest absolute Gasteiger partial charge is 0.176 e. The van der Waals surface area contributed by atoms with Gasteiger partial charge >= 0.3 is 0 Å². The largest absolute Gasteiger partial charge is 0.337 e. The van der Waals surface area contributed by atoms with Gasteiger partial charge in [-0.25, -0.2) is 4.98 Å². The van der Waals surface area contributed by atoms with Crippen molar-refractivity contribution in [2.75, 3.05) is 19.7 Å². The van der Waals surface area contributed by atoms with Crippen LogP contribution in [0.4, 0.5) is 0 Å². The lowest BCUT2D eigenvalue weighted by molar-refractivity contribution is 0.332. The van der Waals surface area contributed by atoms with Crippen molar-refractivity contribution in [3.8, 4) is 6.07 Å². The predicted molar refractivity (Wildman–Crippen MR) is 72.2 cm³/mol. The lowest BCUT2D eigenvalue weighted by atomic mass is 10.4. The number of H-pyrrole nitrogens is 1. The summed E-state index contributed by atoms with van der Waals surface area (Å²) in [4.78, 5) is 7.14. The molecule has 0 saturated carbocycles. The molecule has 5 nitrogen and oxygen atoms in total. The van der Waals surface area contributed by atoms with Gasteiger partial charge in [-0.2, -0.15) is 5.26 Å². The van der Waals surface area contributed by atoms with E-state index in [1.165, 1.54) is 0 Å². The molecular formula is C10H13Cl2N4OP. The number of rotatable bonds is 5. The zero-order valence-electron chi connectivity index (χ0n) is 9.70. The molecule has 1 unspecified atom stereocenters. The molecule has 1 fully saturated rings. The van der Waals surface area contributed by atoms with Crippen LogP contribution in [0.2, 0.25) is 10.3 Å². The van der Waals surface area contributed by atoms with E-state index in [4.69, 9.17) is 33.0 Å². The van der Waals surface area contributed by atoms with Crippen molar-refractivity contribution in [2.24, 2.45) is 0 Å². The molecule has 1 atom stereocenters. The van der Waals surface area contributed by atoms with Gasteiger partial charge in [-0.1, -0.05) is 23.2 Å². The highest BCUT2D eigenvalue weighted by molar-refractivity contribution is 7.57. The van der Waals surface area contributed by atoms with Gasteiger partial charge in [0, 0.05) is 13.1 Å². The number of aromatic nitrogens is 2. The minimum Gasteiger partial charge on any atom is -0.337 e. The van der Waals surface area contributed by atoms with Crippen molar-refractivity contribution < 1.29 is 4.52 Å². The summed E-state index contributed by atoms with van der Waals surface area (Å²) >= 11 is 11.7. The Morgan fingerprint density at radius 1 is 1.44 bits per heavy atom. The highest BCUT2D eigenvalue weighted by Gasteiger charge is 2.28. The van der Waals surface area contributed by atoms with E-state index in [1.54, 1.807) is 0 Å². The van der Waals surface area contributed by atoms with Gasteiger partial charge in [-0.3, -0.25) is 4.67 Å². The molecule has 0 spiro atoms. The van der Waals surface area contributed by atoms with Crippen LogP contribution in [0.1, 0.15) is 19.3 Å². The summed E-state index contributed by atoms with van der Waals surface area (Å²) < 4.78 is 8.01. The lowest BCUT2D eigenvalue weighted by Crippen LogP contribution is -2.23. The summed E-state index contributed by atoms with van der Waals surface area (Å²) in [6.07, 6.45) is 2.68. The van der Waals surface area contributed by atoms with Gasteiger partial charge in [0.2, 0.25) is 0 Å². The van der Waals surface area contributed by atoms with E-state index < -0.39 is 8.30 Å². The zero-order chi connectivity index (χ0) is 13.0. The number of hydrogen-bond acceptors (Lipinski definition) is 4. The molecule has 0 aromatic carbocycles. The van der Waals surface area contributed by atoms with Crippen LogP contribution >= 0.6 is 31.5 Å². The third-order valence-corrected chi connectivity index (χ3v) is 5.11. The van der Waals surface area contributed by atoms with E-state index in [0.29, 0.717) is 23.7 Å². The second-order valence-corrected chi connectivity index (χ2v) is 6.37. The van der Waals surface area contributed by atoms with Crippen LogP contribution in [0.15, 0.2) is 0 Å². The molecule has 1 N–H and O–H groups in total. The summed E-state index contributed by atoms with van der Waals surface area (Å²) in [5.74, 6) is 0. The molecule has 8 heteroatoms. The molecule has 1 aromatic rings. The van der Waals surface area contributed by atoms with Gasteiger partial charge in [0.05, 0.1) is 19.1 Å². The number of nitrogens with one attached hydrogen (secondary N) is 1. The van der Waals surface area contributed by atoms with E-state index in [2.05, 4.69) is 20.7 Å². The fourth-order valence-corrected chi connectivity index (χ4v) is 3.99. The van der Waals surface area contributed by atoms with Crippen molar-refractivity contribution in [2.45, 2.75) is 19.3 Å². The van der Waals surface area contributed by atoms with E-state index >= 15 is 0 Å². The van der Waals surface area contributed by atoms with Gasteiger partial charge in [0.15, 0.2) is 19.0 Å². The molecule has 0 amide bonds. The minimum absolute atomic E-state index is 0.266. The molecule has 0 aliphatic carbocycles. The highest BCUT2D eigenvalue weighted by Crippen LogP contribution is 2.42. The molecule has 0 bridgehead atoms. The SMILES string of the molecule is N#CCCOP(c1nc(Cl)c(Cl)[nH]1)N1CCCC1. The van der Waals surface area contributed by atoms with Crippen LogP contribution < -0.4 is 5.57 Å². The molecule has 98 valence electrons. The summed E-state index contributed by atoms with van der Waals surface area (Å²) in [6.45, 7) is 2.36. The number of nitriles is 1. The van der Waals surface area contributed by atoms with Crippen molar-refractivity contribution in [1.29, 1.82) is 5.26 Å². The third kappa shape index (κ3) is 3.34. The number of hydrogen-bond donors (Lipinski definition) is 1. The Labute approximate surface area is 117 Å². The molecule has 2 heterocycles. The zero-order valence-corrected chi connectivity index (χ0v) is 12.1. The standard InChI is InChI=1S/C10H13Cl2N4OP/c11-8-9(12)15-10(14-8)18(17-7-3-4-13)16-5-1-2-6-16/h1-3,5-7H2,(H,14,15). The minimum atomic E-state index is -1.02. The Bertz CT molecular complexity index is 422. The van der Waals surface area contributed by atoms with Crippen LogP contribution in [0, 0.1) is 11.3 Å². The maximum Gasteiger partial charge on any atom is 0.176 e. The van der Waals surface area contributed by atoms with Gasteiger partial charge < -0.3 is 9.51 Å². The molecule has 1 saturated heterocycles. The average molecular weight is 307 g/mol.